The second-order valence-electron chi connectivity index (χ2n) is 5.14. The molecule has 1 atom stereocenters. The molecule has 3 heteroatoms. The smallest absolute Gasteiger partial charge is 0.0231 e. The monoisotopic (exact) mass is 214 g/mol. The quantitative estimate of drug-likeness (QED) is 0.751. The van der Waals surface area contributed by atoms with Gasteiger partial charge in [-0.3, -0.25) is 4.90 Å². The first-order chi connectivity index (χ1) is 6.66. The highest BCUT2D eigenvalue weighted by atomic mass is 32.2. The van der Waals surface area contributed by atoms with Crippen LogP contribution in [0.3, 0.4) is 0 Å². The van der Waals surface area contributed by atoms with Crippen LogP contribution >= 0.6 is 11.8 Å². The summed E-state index contributed by atoms with van der Waals surface area (Å²) in [4.78, 5) is 2.64. The average molecular weight is 214 g/mol. The van der Waals surface area contributed by atoms with Crippen molar-refractivity contribution in [2.45, 2.75) is 37.5 Å². The summed E-state index contributed by atoms with van der Waals surface area (Å²) in [7, 11) is 0. The predicted molar refractivity (Wildman–Crippen MR) is 64.0 cm³/mol. The van der Waals surface area contributed by atoms with Gasteiger partial charge in [-0.25, -0.2) is 0 Å². The molecule has 2 heterocycles. The molecule has 0 spiro atoms. The fraction of sp³-hybridized carbons (Fsp3) is 1.00. The molecule has 0 aromatic rings. The molecule has 1 N–H and O–H groups in total. The second-order valence-corrected chi connectivity index (χ2v) is 6.94. The van der Waals surface area contributed by atoms with Crippen LogP contribution in [0.2, 0.25) is 0 Å². The number of thioether (sulfide) groups is 1. The summed E-state index contributed by atoms with van der Waals surface area (Å²) in [6.45, 7) is 9.78. The molecule has 2 aliphatic rings. The van der Waals surface area contributed by atoms with Gasteiger partial charge >= 0.3 is 0 Å². The Morgan fingerprint density at radius 2 is 2.36 bits per heavy atom. The lowest BCUT2D eigenvalue weighted by Gasteiger charge is -2.38. The lowest BCUT2D eigenvalue weighted by atomic mass is 10.1. The van der Waals surface area contributed by atoms with Gasteiger partial charge in [0.05, 0.1) is 0 Å². The topological polar surface area (TPSA) is 15.3 Å². The molecule has 0 amide bonds. The zero-order valence-electron chi connectivity index (χ0n) is 9.38. The van der Waals surface area contributed by atoms with E-state index < -0.39 is 0 Å². The summed E-state index contributed by atoms with van der Waals surface area (Å²) < 4.78 is 0.469. The van der Waals surface area contributed by atoms with Gasteiger partial charge in [0.25, 0.3) is 0 Å². The number of rotatable bonds is 2. The fourth-order valence-corrected chi connectivity index (χ4v) is 3.67. The number of hydrogen-bond donors (Lipinski definition) is 1. The van der Waals surface area contributed by atoms with E-state index in [4.69, 9.17) is 0 Å². The first kappa shape index (κ1) is 10.8. The van der Waals surface area contributed by atoms with E-state index in [2.05, 4.69) is 35.8 Å². The van der Waals surface area contributed by atoms with Gasteiger partial charge in [0, 0.05) is 36.2 Å². The van der Waals surface area contributed by atoms with Crippen molar-refractivity contribution in [1.82, 2.24) is 10.2 Å². The number of nitrogens with zero attached hydrogens (tertiary/aromatic N) is 1. The Morgan fingerprint density at radius 1 is 1.50 bits per heavy atom. The first-order valence-corrected chi connectivity index (χ1v) is 6.74. The molecule has 2 nitrogen and oxygen atoms in total. The van der Waals surface area contributed by atoms with Gasteiger partial charge in [0.2, 0.25) is 0 Å². The lowest BCUT2D eigenvalue weighted by molar-refractivity contribution is 0.238. The Balaban J connectivity index is 1.79. The van der Waals surface area contributed by atoms with Crippen LogP contribution in [0.15, 0.2) is 0 Å². The number of hydrogen-bond acceptors (Lipinski definition) is 3. The maximum absolute atomic E-state index is 3.58. The van der Waals surface area contributed by atoms with Crippen molar-refractivity contribution in [3.63, 3.8) is 0 Å². The molecule has 0 aliphatic carbocycles. The molecule has 0 saturated carbocycles. The van der Waals surface area contributed by atoms with E-state index in [1.807, 2.05) is 0 Å². The minimum Gasteiger partial charge on any atom is -0.313 e. The van der Waals surface area contributed by atoms with E-state index >= 15 is 0 Å². The molecule has 2 saturated heterocycles. The minimum atomic E-state index is 0.469. The maximum Gasteiger partial charge on any atom is 0.0231 e. The molecular weight excluding hydrogens is 192 g/mol. The predicted octanol–water partition coefficient (Wildman–Crippen LogP) is 1.57. The van der Waals surface area contributed by atoms with E-state index in [-0.39, 0.29) is 0 Å². The fourth-order valence-electron chi connectivity index (χ4n) is 2.49. The zero-order chi connectivity index (χ0) is 10.0. The van der Waals surface area contributed by atoms with Crippen molar-refractivity contribution in [2.24, 2.45) is 0 Å². The van der Waals surface area contributed by atoms with E-state index in [1.54, 1.807) is 0 Å². The third-order valence-corrected chi connectivity index (χ3v) is 4.44. The Labute approximate surface area is 91.8 Å². The normalized spacial score (nSPS) is 33.4. The standard InChI is InChI=1S/C11H22N2S/c1-11(2)9-13(6-7-14-11)8-10-4-3-5-12-10/h10,12H,3-9H2,1-2H3. The van der Waals surface area contributed by atoms with Crippen molar-refractivity contribution in [3.05, 3.63) is 0 Å². The van der Waals surface area contributed by atoms with Crippen LogP contribution in [0.4, 0.5) is 0 Å². The van der Waals surface area contributed by atoms with Gasteiger partial charge in [0.1, 0.15) is 0 Å². The van der Waals surface area contributed by atoms with Crippen LogP contribution in [-0.2, 0) is 0 Å². The summed E-state index contributed by atoms with van der Waals surface area (Å²) in [5.41, 5.74) is 0. The van der Waals surface area contributed by atoms with E-state index in [9.17, 15) is 0 Å². The summed E-state index contributed by atoms with van der Waals surface area (Å²) in [6, 6.07) is 0.772. The molecule has 0 aromatic carbocycles. The summed E-state index contributed by atoms with van der Waals surface area (Å²) in [5, 5.41) is 3.58. The van der Waals surface area contributed by atoms with E-state index in [1.165, 1.54) is 44.8 Å². The van der Waals surface area contributed by atoms with Gasteiger partial charge in [-0.2, -0.15) is 11.8 Å². The van der Waals surface area contributed by atoms with Crippen LogP contribution in [0.1, 0.15) is 26.7 Å². The molecule has 2 rings (SSSR count). The summed E-state index contributed by atoms with van der Waals surface area (Å²) in [5.74, 6) is 1.31. The van der Waals surface area contributed by atoms with Crippen LogP contribution < -0.4 is 5.32 Å². The van der Waals surface area contributed by atoms with Crippen LogP contribution in [-0.4, -0.2) is 47.6 Å². The summed E-state index contributed by atoms with van der Waals surface area (Å²) in [6.07, 6.45) is 2.75. The van der Waals surface area contributed by atoms with Gasteiger partial charge in [0.15, 0.2) is 0 Å². The zero-order valence-corrected chi connectivity index (χ0v) is 10.2. The van der Waals surface area contributed by atoms with Crippen LogP contribution in [0.5, 0.6) is 0 Å². The minimum absolute atomic E-state index is 0.469. The van der Waals surface area contributed by atoms with Gasteiger partial charge in [-0.15, -0.1) is 0 Å². The molecule has 2 fully saturated rings. The van der Waals surface area contributed by atoms with Crippen molar-refractivity contribution in [3.8, 4) is 0 Å². The van der Waals surface area contributed by atoms with Crippen molar-refractivity contribution in [1.29, 1.82) is 0 Å². The summed E-state index contributed by atoms with van der Waals surface area (Å²) >= 11 is 2.12. The Morgan fingerprint density at radius 3 is 3.00 bits per heavy atom. The first-order valence-electron chi connectivity index (χ1n) is 5.75. The molecule has 0 bridgehead atoms. The third-order valence-electron chi connectivity index (χ3n) is 3.15. The Hall–Kier alpha value is 0.270. The van der Waals surface area contributed by atoms with E-state index in [0.717, 1.165) is 6.04 Å². The van der Waals surface area contributed by atoms with Crippen molar-refractivity contribution >= 4 is 11.8 Å². The average Bonchev–Trinajstić information content (AvgIpc) is 2.54. The molecule has 0 aromatic heterocycles. The van der Waals surface area contributed by atoms with E-state index in [0.29, 0.717) is 4.75 Å². The molecule has 2 aliphatic heterocycles. The molecule has 14 heavy (non-hydrogen) atoms. The SMILES string of the molecule is CC1(C)CN(CC2CCCN2)CCS1. The van der Waals surface area contributed by atoms with Crippen molar-refractivity contribution < 1.29 is 0 Å². The maximum atomic E-state index is 3.58. The number of nitrogens with one attached hydrogen (secondary N) is 1. The third kappa shape index (κ3) is 2.88. The van der Waals surface area contributed by atoms with Crippen LogP contribution in [0.25, 0.3) is 0 Å². The van der Waals surface area contributed by atoms with Gasteiger partial charge < -0.3 is 5.32 Å². The van der Waals surface area contributed by atoms with Crippen molar-refractivity contribution in [2.75, 3.05) is 31.9 Å². The van der Waals surface area contributed by atoms with Gasteiger partial charge in [-0.05, 0) is 33.2 Å². The molecular formula is C11H22N2S. The molecule has 82 valence electrons. The molecule has 0 radical (unpaired) electrons. The highest BCUT2D eigenvalue weighted by Crippen LogP contribution is 2.29. The van der Waals surface area contributed by atoms with Crippen LogP contribution in [0, 0.1) is 0 Å². The Kier molecular flexibility index (Phi) is 3.40. The lowest BCUT2D eigenvalue weighted by Crippen LogP contribution is -2.47. The second kappa shape index (κ2) is 4.42. The highest BCUT2D eigenvalue weighted by Gasteiger charge is 2.28. The largest absolute Gasteiger partial charge is 0.313 e. The molecule has 1 unspecified atom stereocenters. The van der Waals surface area contributed by atoms with Gasteiger partial charge in [-0.1, -0.05) is 0 Å². The highest BCUT2D eigenvalue weighted by molar-refractivity contribution is 8.00. The Bertz CT molecular complexity index is 188.